The van der Waals surface area contributed by atoms with Crippen LogP contribution in [0.2, 0.25) is 0 Å². The molecule has 0 spiro atoms. The summed E-state index contributed by atoms with van der Waals surface area (Å²) >= 11 is 3.06. The van der Waals surface area contributed by atoms with E-state index in [9.17, 15) is 14.5 Å². The van der Waals surface area contributed by atoms with Crippen LogP contribution in [0.15, 0.2) is 40.9 Å². The van der Waals surface area contributed by atoms with Crippen molar-refractivity contribution < 1.29 is 14.1 Å². The van der Waals surface area contributed by atoms with E-state index >= 15 is 0 Å². The molecule has 0 aliphatic heterocycles. The highest BCUT2D eigenvalue weighted by Crippen LogP contribution is 2.29. The molecule has 0 radical (unpaired) electrons. The highest BCUT2D eigenvalue weighted by molar-refractivity contribution is 9.10. The van der Waals surface area contributed by atoms with Gasteiger partial charge in [0.05, 0.1) is 9.40 Å². The summed E-state index contributed by atoms with van der Waals surface area (Å²) in [5, 5.41) is 10.7. The van der Waals surface area contributed by atoms with E-state index in [0.717, 1.165) is 0 Å². The fraction of sp³-hybridized carbons (Fsp3) is 0.0769. The number of benzene rings is 2. The Kier molecular flexibility index (Phi) is 3.80. The molecule has 0 aromatic heterocycles. The molecule has 0 saturated carbocycles. The van der Waals surface area contributed by atoms with Crippen molar-refractivity contribution in [1.29, 1.82) is 0 Å². The first-order chi connectivity index (χ1) is 8.97. The van der Waals surface area contributed by atoms with Crippen LogP contribution in [-0.4, -0.2) is 4.92 Å². The number of nitrogens with zero attached hydrogens (tertiary/aromatic N) is 1. The number of nitro groups is 1. The van der Waals surface area contributed by atoms with Crippen molar-refractivity contribution in [2.45, 2.75) is 6.92 Å². The lowest BCUT2D eigenvalue weighted by Gasteiger charge is -2.07. The first-order valence-corrected chi connectivity index (χ1v) is 6.14. The third kappa shape index (κ3) is 3.08. The van der Waals surface area contributed by atoms with Gasteiger partial charge in [0.15, 0.2) is 0 Å². The second kappa shape index (κ2) is 5.36. The van der Waals surface area contributed by atoms with Crippen LogP contribution in [0, 0.1) is 22.9 Å². The van der Waals surface area contributed by atoms with Gasteiger partial charge in [0, 0.05) is 11.6 Å². The van der Waals surface area contributed by atoms with Gasteiger partial charge in [0.1, 0.15) is 17.3 Å². The molecule has 2 aromatic carbocycles. The van der Waals surface area contributed by atoms with Gasteiger partial charge in [-0.3, -0.25) is 10.1 Å². The van der Waals surface area contributed by atoms with Crippen LogP contribution in [0.25, 0.3) is 0 Å². The second-order valence-electron chi connectivity index (χ2n) is 3.88. The molecule has 2 aromatic rings. The molecule has 2 rings (SSSR count). The second-order valence-corrected chi connectivity index (χ2v) is 4.74. The van der Waals surface area contributed by atoms with Gasteiger partial charge in [-0.1, -0.05) is 0 Å². The quantitative estimate of drug-likeness (QED) is 0.612. The van der Waals surface area contributed by atoms with E-state index in [1.165, 1.54) is 30.3 Å². The van der Waals surface area contributed by atoms with Gasteiger partial charge >= 0.3 is 0 Å². The normalized spacial score (nSPS) is 10.3. The number of nitro benzene ring substituents is 1. The third-order valence-electron chi connectivity index (χ3n) is 2.49. The van der Waals surface area contributed by atoms with Gasteiger partial charge < -0.3 is 4.74 Å². The smallest absolute Gasteiger partial charge is 0.272 e. The lowest BCUT2D eigenvalue weighted by Crippen LogP contribution is -1.92. The molecule has 98 valence electrons. The Hall–Kier alpha value is -1.95. The van der Waals surface area contributed by atoms with Gasteiger partial charge in [0.2, 0.25) is 0 Å². The van der Waals surface area contributed by atoms with Gasteiger partial charge in [-0.15, -0.1) is 0 Å². The Balaban J connectivity index is 2.26. The van der Waals surface area contributed by atoms with E-state index < -0.39 is 4.92 Å². The fourth-order valence-electron chi connectivity index (χ4n) is 1.57. The zero-order valence-electron chi connectivity index (χ0n) is 9.89. The average molecular weight is 326 g/mol. The summed E-state index contributed by atoms with van der Waals surface area (Å²) in [5.74, 6) is 0.523. The maximum absolute atomic E-state index is 13.1. The van der Waals surface area contributed by atoms with Gasteiger partial charge in [-0.05, 0) is 53.2 Å². The van der Waals surface area contributed by atoms with Crippen molar-refractivity contribution in [3.8, 4) is 11.5 Å². The van der Waals surface area contributed by atoms with Crippen molar-refractivity contribution in [2.24, 2.45) is 0 Å². The summed E-state index contributed by atoms with van der Waals surface area (Å²) in [5.41, 5.74) is 0.538. The summed E-state index contributed by atoms with van der Waals surface area (Å²) in [6, 6.07) is 8.70. The molecular formula is C13H9BrFNO3. The lowest BCUT2D eigenvalue weighted by molar-refractivity contribution is -0.385. The molecule has 0 saturated heterocycles. The molecule has 0 aliphatic carbocycles. The Labute approximate surface area is 117 Å². The molecule has 0 atom stereocenters. The van der Waals surface area contributed by atoms with Crippen molar-refractivity contribution in [1.82, 2.24) is 0 Å². The van der Waals surface area contributed by atoms with Crippen LogP contribution >= 0.6 is 15.9 Å². The van der Waals surface area contributed by atoms with E-state index in [1.807, 2.05) is 0 Å². The van der Waals surface area contributed by atoms with Crippen LogP contribution in [0.4, 0.5) is 10.1 Å². The minimum atomic E-state index is -0.451. The highest BCUT2D eigenvalue weighted by Gasteiger charge is 2.11. The monoisotopic (exact) mass is 325 g/mol. The Morgan fingerprint density at radius 2 is 1.84 bits per heavy atom. The van der Waals surface area contributed by atoms with Crippen molar-refractivity contribution in [3.63, 3.8) is 0 Å². The van der Waals surface area contributed by atoms with Crippen molar-refractivity contribution in [3.05, 3.63) is 62.4 Å². The number of rotatable bonds is 3. The third-order valence-corrected chi connectivity index (χ3v) is 3.10. The maximum Gasteiger partial charge on any atom is 0.272 e. The molecule has 0 heterocycles. The van der Waals surface area contributed by atoms with E-state index in [-0.39, 0.29) is 11.5 Å². The summed E-state index contributed by atoms with van der Waals surface area (Å²) in [6.45, 7) is 1.63. The predicted molar refractivity (Wildman–Crippen MR) is 72.0 cm³/mol. The molecule has 0 amide bonds. The summed E-state index contributed by atoms with van der Waals surface area (Å²) < 4.78 is 18.9. The number of hydrogen-bond donors (Lipinski definition) is 0. The standard InChI is InChI=1S/C13H9BrFNO3/c1-8-6-9(3-5-13(8)16(17)18)19-10-2-4-12(15)11(14)7-10/h2-7H,1H3. The minimum Gasteiger partial charge on any atom is -0.457 e. The lowest BCUT2D eigenvalue weighted by atomic mass is 10.2. The topological polar surface area (TPSA) is 52.4 Å². The molecular weight excluding hydrogens is 317 g/mol. The zero-order chi connectivity index (χ0) is 14.0. The highest BCUT2D eigenvalue weighted by atomic mass is 79.9. The fourth-order valence-corrected chi connectivity index (χ4v) is 1.93. The largest absolute Gasteiger partial charge is 0.457 e. The van der Waals surface area contributed by atoms with E-state index in [1.54, 1.807) is 13.0 Å². The number of hydrogen-bond acceptors (Lipinski definition) is 3. The molecule has 0 unspecified atom stereocenters. The zero-order valence-corrected chi connectivity index (χ0v) is 11.5. The maximum atomic E-state index is 13.1. The van der Waals surface area contributed by atoms with Crippen LogP contribution in [-0.2, 0) is 0 Å². The van der Waals surface area contributed by atoms with E-state index in [0.29, 0.717) is 21.5 Å². The molecule has 0 N–H and O–H groups in total. The molecule has 4 nitrogen and oxygen atoms in total. The van der Waals surface area contributed by atoms with Gasteiger partial charge in [-0.25, -0.2) is 4.39 Å². The number of aryl methyl sites for hydroxylation is 1. The van der Waals surface area contributed by atoms with Crippen LogP contribution in [0.1, 0.15) is 5.56 Å². The van der Waals surface area contributed by atoms with E-state index in [2.05, 4.69) is 15.9 Å². The number of halogens is 2. The Bertz CT molecular complexity index is 646. The molecule has 0 bridgehead atoms. The Morgan fingerprint density at radius 3 is 2.42 bits per heavy atom. The number of ether oxygens (including phenoxy) is 1. The van der Waals surface area contributed by atoms with Gasteiger partial charge in [-0.2, -0.15) is 0 Å². The van der Waals surface area contributed by atoms with Gasteiger partial charge in [0.25, 0.3) is 5.69 Å². The van der Waals surface area contributed by atoms with Crippen molar-refractivity contribution >= 4 is 21.6 Å². The van der Waals surface area contributed by atoms with E-state index in [4.69, 9.17) is 4.74 Å². The molecule has 6 heteroatoms. The van der Waals surface area contributed by atoms with Crippen LogP contribution < -0.4 is 4.74 Å². The summed E-state index contributed by atoms with van der Waals surface area (Å²) in [4.78, 5) is 10.2. The summed E-state index contributed by atoms with van der Waals surface area (Å²) in [7, 11) is 0. The first-order valence-electron chi connectivity index (χ1n) is 5.35. The Morgan fingerprint density at radius 1 is 1.21 bits per heavy atom. The van der Waals surface area contributed by atoms with Crippen LogP contribution in [0.5, 0.6) is 11.5 Å². The molecule has 0 aliphatic rings. The first kappa shape index (κ1) is 13.5. The molecule has 0 fully saturated rings. The molecule has 19 heavy (non-hydrogen) atoms. The minimum absolute atomic E-state index is 0.0348. The van der Waals surface area contributed by atoms with Crippen LogP contribution in [0.3, 0.4) is 0 Å². The summed E-state index contributed by atoms with van der Waals surface area (Å²) in [6.07, 6.45) is 0. The average Bonchev–Trinajstić information content (AvgIpc) is 2.33. The van der Waals surface area contributed by atoms with Crippen molar-refractivity contribution in [2.75, 3.05) is 0 Å². The SMILES string of the molecule is Cc1cc(Oc2ccc(F)c(Br)c2)ccc1[N+](=O)[O-]. The predicted octanol–water partition coefficient (Wildman–Crippen LogP) is 4.60.